The van der Waals surface area contributed by atoms with E-state index in [4.69, 9.17) is 0 Å². The lowest BCUT2D eigenvalue weighted by Gasteiger charge is -2.34. The number of hydrogen-bond acceptors (Lipinski definition) is 2. The Morgan fingerprint density at radius 3 is 2.06 bits per heavy atom. The molecule has 1 aromatic rings. The smallest absolute Gasteiger partial charge is 0.336 e. The summed E-state index contributed by atoms with van der Waals surface area (Å²) in [5, 5.41) is 19.7. The maximum atomic E-state index is 11.4. The van der Waals surface area contributed by atoms with Gasteiger partial charge in [0.1, 0.15) is 0 Å². The molecular weight excluding hydrogens is 228 g/mol. The summed E-state index contributed by atoms with van der Waals surface area (Å²) in [5.41, 5.74) is 0.327. The van der Waals surface area contributed by atoms with Crippen LogP contribution in [-0.4, -0.2) is 21.8 Å². The van der Waals surface area contributed by atoms with E-state index in [2.05, 4.69) is 6.92 Å². The normalized spacial score (nSPS) is 16.3. The Bertz CT molecular complexity index is 408. The fourth-order valence-electron chi connectivity index (χ4n) is 2.23. The third-order valence-electron chi connectivity index (χ3n) is 3.77. The van der Waals surface area contributed by atoms with E-state index < -0.39 is 17.5 Å². The average molecular weight is 250 g/mol. The first-order valence-electron chi connectivity index (χ1n) is 6.38. The van der Waals surface area contributed by atoms with Crippen LogP contribution in [0, 0.1) is 5.92 Å². The van der Waals surface area contributed by atoms with Gasteiger partial charge in [0.25, 0.3) is 0 Å². The molecule has 0 aromatic heterocycles. The molecule has 1 aromatic carbocycles. The Hall–Kier alpha value is -1.35. The number of aliphatic carboxylic acids is 1. The van der Waals surface area contributed by atoms with Crippen molar-refractivity contribution in [3.05, 3.63) is 35.4 Å². The van der Waals surface area contributed by atoms with E-state index in [-0.39, 0.29) is 5.92 Å². The van der Waals surface area contributed by atoms with Gasteiger partial charge in [0.05, 0.1) is 0 Å². The summed E-state index contributed by atoms with van der Waals surface area (Å²) in [7, 11) is 0. The van der Waals surface area contributed by atoms with Crippen molar-refractivity contribution in [1.29, 1.82) is 0 Å². The molecule has 3 nitrogen and oxygen atoms in total. The van der Waals surface area contributed by atoms with Crippen LogP contribution >= 0.6 is 0 Å². The Morgan fingerprint density at radius 1 is 1.22 bits per heavy atom. The SMILES string of the molecule is CCc1ccc(C(C)C(O)(C(=O)O)C(C)C)cc1. The summed E-state index contributed by atoms with van der Waals surface area (Å²) in [4.78, 5) is 11.4. The lowest BCUT2D eigenvalue weighted by Crippen LogP contribution is -2.48. The van der Waals surface area contributed by atoms with Crippen molar-refractivity contribution in [3.8, 4) is 0 Å². The number of hydrogen-bond donors (Lipinski definition) is 2. The van der Waals surface area contributed by atoms with Gasteiger partial charge in [0.2, 0.25) is 0 Å². The molecule has 0 spiro atoms. The zero-order valence-corrected chi connectivity index (χ0v) is 11.5. The number of aliphatic hydroxyl groups is 1. The molecule has 2 atom stereocenters. The zero-order chi connectivity index (χ0) is 13.9. The summed E-state index contributed by atoms with van der Waals surface area (Å²) in [5.74, 6) is -1.96. The number of benzene rings is 1. The third kappa shape index (κ3) is 2.56. The van der Waals surface area contributed by atoms with Crippen molar-refractivity contribution in [2.24, 2.45) is 5.92 Å². The first-order chi connectivity index (χ1) is 8.33. The zero-order valence-electron chi connectivity index (χ0n) is 11.5. The van der Waals surface area contributed by atoms with Crippen LogP contribution in [0.4, 0.5) is 0 Å². The molecule has 0 saturated heterocycles. The second kappa shape index (κ2) is 5.53. The van der Waals surface area contributed by atoms with Crippen molar-refractivity contribution >= 4 is 5.97 Å². The fourth-order valence-corrected chi connectivity index (χ4v) is 2.23. The fraction of sp³-hybridized carbons (Fsp3) is 0.533. The molecule has 0 aliphatic carbocycles. The minimum Gasteiger partial charge on any atom is -0.479 e. The van der Waals surface area contributed by atoms with Gasteiger partial charge in [0.15, 0.2) is 5.60 Å². The highest BCUT2D eigenvalue weighted by Crippen LogP contribution is 2.34. The molecule has 0 aliphatic heterocycles. The summed E-state index contributed by atoms with van der Waals surface area (Å²) in [6.07, 6.45) is 0.946. The van der Waals surface area contributed by atoms with Crippen LogP contribution in [0.15, 0.2) is 24.3 Å². The summed E-state index contributed by atoms with van der Waals surface area (Å²) >= 11 is 0. The van der Waals surface area contributed by atoms with Crippen LogP contribution in [-0.2, 0) is 11.2 Å². The maximum absolute atomic E-state index is 11.4. The molecule has 0 radical (unpaired) electrons. The molecule has 1 rings (SSSR count). The Balaban J connectivity index is 3.10. The van der Waals surface area contributed by atoms with Gasteiger partial charge in [-0.05, 0) is 23.5 Å². The summed E-state index contributed by atoms with van der Waals surface area (Å²) < 4.78 is 0. The van der Waals surface area contributed by atoms with Gasteiger partial charge < -0.3 is 10.2 Å². The molecule has 0 aliphatic rings. The van der Waals surface area contributed by atoms with Gasteiger partial charge in [-0.3, -0.25) is 0 Å². The van der Waals surface area contributed by atoms with Crippen molar-refractivity contribution in [2.45, 2.75) is 45.6 Å². The molecule has 0 heterocycles. The minimum absolute atomic E-state index is 0.351. The maximum Gasteiger partial charge on any atom is 0.336 e. The number of carboxylic acids is 1. The first kappa shape index (κ1) is 14.7. The Labute approximate surface area is 108 Å². The van der Waals surface area contributed by atoms with Crippen LogP contribution in [0.2, 0.25) is 0 Å². The van der Waals surface area contributed by atoms with Crippen LogP contribution in [0.3, 0.4) is 0 Å². The van der Waals surface area contributed by atoms with Crippen LogP contribution in [0.25, 0.3) is 0 Å². The molecule has 0 amide bonds. The van der Waals surface area contributed by atoms with E-state index >= 15 is 0 Å². The van der Waals surface area contributed by atoms with Gasteiger partial charge in [-0.15, -0.1) is 0 Å². The Kier molecular flexibility index (Phi) is 4.52. The standard InChI is InChI=1S/C15H22O3/c1-5-12-6-8-13(9-7-12)11(4)15(18,10(2)3)14(16)17/h6-11,18H,5H2,1-4H3,(H,16,17). The van der Waals surface area contributed by atoms with E-state index in [1.165, 1.54) is 5.56 Å². The summed E-state index contributed by atoms with van der Waals surface area (Å²) in [6, 6.07) is 7.77. The predicted molar refractivity (Wildman–Crippen MR) is 71.7 cm³/mol. The molecule has 18 heavy (non-hydrogen) atoms. The van der Waals surface area contributed by atoms with Crippen molar-refractivity contribution in [1.82, 2.24) is 0 Å². The van der Waals surface area contributed by atoms with Crippen molar-refractivity contribution in [2.75, 3.05) is 0 Å². The molecule has 2 N–H and O–H groups in total. The van der Waals surface area contributed by atoms with E-state index in [0.717, 1.165) is 12.0 Å². The largest absolute Gasteiger partial charge is 0.479 e. The third-order valence-corrected chi connectivity index (χ3v) is 3.77. The molecule has 0 fully saturated rings. The molecule has 3 heteroatoms. The molecule has 100 valence electrons. The van der Waals surface area contributed by atoms with Crippen molar-refractivity contribution in [3.63, 3.8) is 0 Å². The molecule has 0 bridgehead atoms. The van der Waals surface area contributed by atoms with E-state index in [1.807, 2.05) is 24.3 Å². The Morgan fingerprint density at radius 2 is 1.72 bits per heavy atom. The van der Waals surface area contributed by atoms with E-state index in [9.17, 15) is 15.0 Å². The highest BCUT2D eigenvalue weighted by molar-refractivity contribution is 5.79. The van der Waals surface area contributed by atoms with E-state index in [1.54, 1.807) is 20.8 Å². The number of rotatable bonds is 5. The van der Waals surface area contributed by atoms with Crippen LogP contribution in [0.5, 0.6) is 0 Å². The van der Waals surface area contributed by atoms with Gasteiger partial charge in [-0.1, -0.05) is 52.0 Å². The molecular formula is C15H22O3. The van der Waals surface area contributed by atoms with E-state index in [0.29, 0.717) is 0 Å². The second-order valence-electron chi connectivity index (χ2n) is 5.10. The van der Waals surface area contributed by atoms with Gasteiger partial charge in [-0.25, -0.2) is 4.79 Å². The molecule has 2 unspecified atom stereocenters. The lowest BCUT2D eigenvalue weighted by molar-refractivity contribution is -0.166. The van der Waals surface area contributed by atoms with Crippen LogP contribution in [0.1, 0.15) is 44.7 Å². The van der Waals surface area contributed by atoms with Crippen LogP contribution < -0.4 is 0 Å². The highest BCUT2D eigenvalue weighted by Gasteiger charge is 2.45. The topological polar surface area (TPSA) is 57.5 Å². The average Bonchev–Trinajstić information content (AvgIpc) is 2.36. The monoisotopic (exact) mass is 250 g/mol. The second-order valence-corrected chi connectivity index (χ2v) is 5.10. The number of aryl methyl sites for hydroxylation is 1. The quantitative estimate of drug-likeness (QED) is 0.844. The lowest BCUT2D eigenvalue weighted by atomic mass is 9.76. The first-order valence-corrected chi connectivity index (χ1v) is 6.38. The van der Waals surface area contributed by atoms with Crippen molar-refractivity contribution < 1.29 is 15.0 Å². The highest BCUT2D eigenvalue weighted by atomic mass is 16.4. The van der Waals surface area contributed by atoms with Gasteiger partial charge in [0, 0.05) is 5.92 Å². The summed E-state index contributed by atoms with van der Waals surface area (Å²) in [6.45, 7) is 7.28. The number of carbonyl (C=O) groups is 1. The molecule has 0 saturated carbocycles. The van der Waals surface area contributed by atoms with Gasteiger partial charge in [-0.2, -0.15) is 0 Å². The predicted octanol–water partition coefficient (Wildman–Crippen LogP) is 2.82. The number of carboxylic acid groups (broad SMARTS) is 1. The van der Waals surface area contributed by atoms with Gasteiger partial charge >= 0.3 is 5.97 Å². The minimum atomic E-state index is -1.73.